The maximum absolute atomic E-state index is 13.4. The fourth-order valence-corrected chi connectivity index (χ4v) is 2.51. The molecule has 2 aromatic carbocycles. The predicted octanol–water partition coefficient (Wildman–Crippen LogP) is 4.09. The van der Waals surface area contributed by atoms with Gasteiger partial charge in [-0.05, 0) is 35.9 Å². The molecule has 0 fully saturated rings. The fourth-order valence-electron chi connectivity index (χ4n) is 2.35. The van der Waals surface area contributed by atoms with Crippen molar-refractivity contribution in [1.82, 2.24) is 0 Å². The molecule has 1 atom stereocenters. The molecule has 0 aromatic heterocycles. The summed E-state index contributed by atoms with van der Waals surface area (Å²) in [7, 11) is 0. The van der Waals surface area contributed by atoms with E-state index in [4.69, 9.17) is 21.1 Å². The standard InChI is InChI=1S/C16H13ClF2O2/c17-8-10-3-13(19)7-14(4-10)20-9-15-6-11-5-12(18)1-2-16(11)21-15/h1-5,7,15H,6,8-9H2. The number of alkyl halides is 1. The molecule has 0 amide bonds. The molecule has 21 heavy (non-hydrogen) atoms. The first kappa shape index (κ1) is 14.1. The number of fused-ring (bicyclic) bond motifs is 1. The largest absolute Gasteiger partial charge is 0.490 e. The van der Waals surface area contributed by atoms with Crippen molar-refractivity contribution < 1.29 is 18.3 Å². The lowest BCUT2D eigenvalue weighted by molar-refractivity contribution is 0.148. The summed E-state index contributed by atoms with van der Waals surface area (Å²) in [6, 6.07) is 8.79. The van der Waals surface area contributed by atoms with E-state index in [9.17, 15) is 8.78 Å². The zero-order valence-electron chi connectivity index (χ0n) is 11.1. The zero-order valence-corrected chi connectivity index (χ0v) is 11.9. The van der Waals surface area contributed by atoms with E-state index in [2.05, 4.69) is 0 Å². The van der Waals surface area contributed by atoms with Gasteiger partial charge in [0, 0.05) is 23.9 Å². The molecule has 2 nitrogen and oxygen atoms in total. The van der Waals surface area contributed by atoms with Crippen LogP contribution >= 0.6 is 11.6 Å². The number of rotatable bonds is 4. The van der Waals surface area contributed by atoms with Crippen LogP contribution < -0.4 is 9.47 Å². The van der Waals surface area contributed by atoms with E-state index < -0.39 is 0 Å². The van der Waals surface area contributed by atoms with E-state index in [1.165, 1.54) is 24.3 Å². The SMILES string of the molecule is Fc1cc(CCl)cc(OCC2Cc3cc(F)ccc3O2)c1. The topological polar surface area (TPSA) is 18.5 Å². The van der Waals surface area contributed by atoms with Gasteiger partial charge in [-0.3, -0.25) is 0 Å². The van der Waals surface area contributed by atoms with E-state index in [1.807, 2.05) is 0 Å². The first-order valence-electron chi connectivity index (χ1n) is 6.57. The average Bonchev–Trinajstić information content (AvgIpc) is 2.86. The Morgan fingerprint density at radius 3 is 2.81 bits per heavy atom. The Morgan fingerprint density at radius 2 is 2.00 bits per heavy atom. The molecule has 0 aliphatic carbocycles. The number of halogens is 3. The van der Waals surface area contributed by atoms with E-state index in [0.717, 1.165) is 5.56 Å². The monoisotopic (exact) mass is 310 g/mol. The van der Waals surface area contributed by atoms with Gasteiger partial charge in [0.05, 0.1) is 0 Å². The summed E-state index contributed by atoms with van der Waals surface area (Å²) < 4.78 is 37.7. The predicted molar refractivity (Wildman–Crippen MR) is 76.0 cm³/mol. The van der Waals surface area contributed by atoms with Gasteiger partial charge >= 0.3 is 0 Å². The first-order chi connectivity index (χ1) is 10.1. The third kappa shape index (κ3) is 3.27. The Bertz CT molecular complexity index is 661. The summed E-state index contributed by atoms with van der Waals surface area (Å²) in [4.78, 5) is 0. The van der Waals surface area contributed by atoms with E-state index >= 15 is 0 Å². The van der Waals surface area contributed by atoms with Crippen LogP contribution in [0.25, 0.3) is 0 Å². The second-order valence-electron chi connectivity index (χ2n) is 4.94. The van der Waals surface area contributed by atoms with Crippen molar-refractivity contribution in [1.29, 1.82) is 0 Å². The Balaban J connectivity index is 1.63. The van der Waals surface area contributed by atoms with Crippen LogP contribution in [0.4, 0.5) is 8.78 Å². The smallest absolute Gasteiger partial charge is 0.137 e. The zero-order chi connectivity index (χ0) is 14.8. The van der Waals surface area contributed by atoms with E-state index in [0.29, 0.717) is 23.5 Å². The van der Waals surface area contributed by atoms with Crippen LogP contribution in [0.3, 0.4) is 0 Å². The van der Waals surface area contributed by atoms with Crippen molar-refractivity contribution in [3.8, 4) is 11.5 Å². The van der Waals surface area contributed by atoms with Crippen LogP contribution in [-0.2, 0) is 12.3 Å². The van der Waals surface area contributed by atoms with Crippen molar-refractivity contribution in [2.45, 2.75) is 18.4 Å². The van der Waals surface area contributed by atoms with Crippen LogP contribution in [0, 0.1) is 11.6 Å². The highest BCUT2D eigenvalue weighted by Crippen LogP contribution is 2.29. The summed E-state index contributed by atoms with van der Waals surface area (Å²) in [6.07, 6.45) is 0.370. The minimum atomic E-state index is -0.388. The summed E-state index contributed by atoms with van der Waals surface area (Å²) in [5.74, 6) is 0.636. The molecule has 1 unspecified atom stereocenters. The van der Waals surface area contributed by atoms with E-state index in [1.54, 1.807) is 12.1 Å². The summed E-state index contributed by atoms with van der Waals surface area (Å²) in [6.45, 7) is 0.265. The molecule has 0 saturated carbocycles. The van der Waals surface area contributed by atoms with Crippen LogP contribution in [0.1, 0.15) is 11.1 Å². The van der Waals surface area contributed by atoms with Crippen LogP contribution in [0.15, 0.2) is 36.4 Å². The molecule has 110 valence electrons. The number of benzene rings is 2. The second kappa shape index (κ2) is 5.90. The second-order valence-corrected chi connectivity index (χ2v) is 5.20. The highest BCUT2D eigenvalue weighted by Gasteiger charge is 2.23. The van der Waals surface area contributed by atoms with Gasteiger partial charge in [0.1, 0.15) is 35.8 Å². The molecule has 0 bridgehead atoms. The molecular formula is C16H13ClF2O2. The Morgan fingerprint density at radius 1 is 1.14 bits per heavy atom. The minimum Gasteiger partial charge on any atom is -0.490 e. The highest BCUT2D eigenvalue weighted by molar-refractivity contribution is 6.17. The highest BCUT2D eigenvalue weighted by atomic mass is 35.5. The lowest BCUT2D eigenvalue weighted by Gasteiger charge is -2.13. The summed E-state index contributed by atoms with van der Waals surface area (Å²) >= 11 is 5.69. The summed E-state index contributed by atoms with van der Waals surface area (Å²) in [5.41, 5.74) is 1.48. The van der Waals surface area contributed by atoms with Gasteiger partial charge in [0.25, 0.3) is 0 Å². The lowest BCUT2D eigenvalue weighted by atomic mass is 10.1. The van der Waals surface area contributed by atoms with E-state index in [-0.39, 0.29) is 30.2 Å². The molecule has 0 spiro atoms. The molecule has 0 N–H and O–H groups in total. The van der Waals surface area contributed by atoms with Gasteiger partial charge in [-0.1, -0.05) is 0 Å². The van der Waals surface area contributed by atoms with Gasteiger partial charge in [-0.25, -0.2) is 8.78 Å². The van der Waals surface area contributed by atoms with Gasteiger partial charge in [-0.2, -0.15) is 0 Å². The van der Waals surface area contributed by atoms with Gasteiger partial charge in [0.2, 0.25) is 0 Å². The molecular weight excluding hydrogens is 298 g/mol. The van der Waals surface area contributed by atoms with Crippen LogP contribution in [-0.4, -0.2) is 12.7 Å². The van der Waals surface area contributed by atoms with Crippen LogP contribution in [0.2, 0.25) is 0 Å². The maximum Gasteiger partial charge on any atom is 0.137 e. The molecule has 1 heterocycles. The van der Waals surface area contributed by atoms with Crippen molar-refractivity contribution >= 4 is 11.6 Å². The Labute approximate surface area is 126 Å². The van der Waals surface area contributed by atoms with Gasteiger partial charge in [0.15, 0.2) is 0 Å². The fraction of sp³-hybridized carbons (Fsp3) is 0.250. The van der Waals surface area contributed by atoms with Crippen molar-refractivity contribution in [3.05, 3.63) is 59.2 Å². The first-order valence-corrected chi connectivity index (χ1v) is 7.11. The quantitative estimate of drug-likeness (QED) is 0.792. The normalized spacial score (nSPS) is 16.4. The van der Waals surface area contributed by atoms with Gasteiger partial charge < -0.3 is 9.47 Å². The van der Waals surface area contributed by atoms with Crippen molar-refractivity contribution in [3.63, 3.8) is 0 Å². The number of hydrogen-bond donors (Lipinski definition) is 0. The minimum absolute atomic E-state index is 0.204. The van der Waals surface area contributed by atoms with Gasteiger partial charge in [-0.15, -0.1) is 11.6 Å². The Hall–Kier alpha value is -1.81. The number of hydrogen-bond acceptors (Lipinski definition) is 2. The average molecular weight is 311 g/mol. The molecule has 2 aromatic rings. The van der Waals surface area contributed by atoms with Crippen molar-refractivity contribution in [2.75, 3.05) is 6.61 Å². The molecule has 1 aliphatic rings. The molecule has 5 heteroatoms. The third-order valence-electron chi connectivity index (χ3n) is 3.29. The van der Waals surface area contributed by atoms with Crippen LogP contribution in [0.5, 0.6) is 11.5 Å². The Kier molecular flexibility index (Phi) is 3.97. The summed E-state index contributed by atoms with van der Waals surface area (Å²) in [5, 5.41) is 0. The molecule has 0 saturated heterocycles. The third-order valence-corrected chi connectivity index (χ3v) is 3.59. The molecule has 0 radical (unpaired) electrons. The lowest BCUT2D eigenvalue weighted by Crippen LogP contribution is -2.22. The maximum atomic E-state index is 13.4. The molecule has 3 rings (SSSR count). The number of ether oxygens (including phenoxy) is 2. The van der Waals surface area contributed by atoms with Crippen molar-refractivity contribution in [2.24, 2.45) is 0 Å². The molecule has 1 aliphatic heterocycles.